The summed E-state index contributed by atoms with van der Waals surface area (Å²) in [5.41, 5.74) is 3.19. The molecule has 0 saturated heterocycles. The number of carbonyl (C=O) groups is 1. The first kappa shape index (κ1) is 18.5. The lowest BCUT2D eigenvalue weighted by Gasteiger charge is -1.99. The van der Waals surface area contributed by atoms with Crippen LogP contribution >= 0.6 is 22.9 Å². The number of thiazole rings is 1. The van der Waals surface area contributed by atoms with Crippen molar-refractivity contribution >= 4 is 51.0 Å². The Kier molecular flexibility index (Phi) is 5.28. The van der Waals surface area contributed by atoms with Crippen LogP contribution in [0.2, 0.25) is 5.02 Å². The molecule has 6 heteroatoms. The summed E-state index contributed by atoms with van der Waals surface area (Å²) in [5.74, 6) is 0.335. The smallest absolute Gasteiger partial charge is 0.250 e. The van der Waals surface area contributed by atoms with Gasteiger partial charge in [-0.3, -0.25) is 10.1 Å². The zero-order chi connectivity index (χ0) is 19.5. The van der Waals surface area contributed by atoms with Crippen LogP contribution in [0.4, 0.5) is 5.13 Å². The molecule has 0 aliphatic heterocycles. The number of halogens is 1. The van der Waals surface area contributed by atoms with E-state index in [9.17, 15) is 4.79 Å². The normalized spacial score (nSPS) is 11.4. The van der Waals surface area contributed by atoms with Gasteiger partial charge >= 0.3 is 0 Å². The van der Waals surface area contributed by atoms with Crippen LogP contribution in [0, 0.1) is 6.92 Å². The molecule has 140 valence electrons. The molecule has 2 aromatic carbocycles. The summed E-state index contributed by atoms with van der Waals surface area (Å²) in [6.45, 7) is 2.07. The number of carbonyl (C=O) groups excluding carboxylic acids is 1. The van der Waals surface area contributed by atoms with Crippen LogP contribution in [0.3, 0.4) is 0 Å². The van der Waals surface area contributed by atoms with E-state index in [1.165, 1.54) is 28.5 Å². The molecule has 0 spiro atoms. The van der Waals surface area contributed by atoms with Gasteiger partial charge in [0.05, 0.1) is 0 Å². The number of amides is 1. The molecule has 1 N–H and O–H groups in total. The van der Waals surface area contributed by atoms with Gasteiger partial charge in [0.2, 0.25) is 5.91 Å². The number of hydrogen-bond acceptors (Lipinski definition) is 4. The van der Waals surface area contributed by atoms with E-state index >= 15 is 0 Å². The number of benzene rings is 2. The average Bonchev–Trinajstić information content (AvgIpc) is 3.26. The summed E-state index contributed by atoms with van der Waals surface area (Å²) in [5, 5.41) is 4.91. The number of hydrogen-bond donors (Lipinski definition) is 1. The van der Waals surface area contributed by atoms with Crippen LogP contribution in [0.15, 0.2) is 65.2 Å². The van der Waals surface area contributed by atoms with E-state index in [0.29, 0.717) is 15.9 Å². The van der Waals surface area contributed by atoms with Crippen molar-refractivity contribution in [1.82, 2.24) is 4.98 Å². The summed E-state index contributed by atoms with van der Waals surface area (Å²) in [6, 6.07) is 15.6. The molecule has 0 fully saturated rings. The second kappa shape index (κ2) is 8.00. The second-order valence-corrected chi connectivity index (χ2v) is 8.00. The Morgan fingerprint density at radius 3 is 3.00 bits per heavy atom. The molecule has 0 saturated carbocycles. The minimum atomic E-state index is -0.255. The van der Waals surface area contributed by atoms with Gasteiger partial charge in [-0.1, -0.05) is 41.4 Å². The molecule has 0 atom stereocenters. The standard InChI is InChI=1S/C22H17ClN2O2S/c1-14-3-2-4-15(9-14)10-19-13-24-22(28-19)25-21(26)8-6-18-12-16-11-17(23)5-7-20(16)27-18/h2-9,11-13H,10H2,1H3,(H,24,25,26). The number of fused-ring (bicyclic) bond motifs is 1. The SMILES string of the molecule is Cc1cccc(Cc2cnc(NC(=O)C=Cc3cc4cc(Cl)ccc4o3)s2)c1. The van der Waals surface area contributed by atoms with E-state index in [4.69, 9.17) is 16.0 Å². The highest BCUT2D eigenvalue weighted by Gasteiger charge is 2.07. The second-order valence-electron chi connectivity index (χ2n) is 6.45. The van der Waals surface area contributed by atoms with Crippen LogP contribution in [0.5, 0.6) is 0 Å². The molecular formula is C22H17ClN2O2S. The van der Waals surface area contributed by atoms with Gasteiger partial charge in [-0.25, -0.2) is 4.98 Å². The number of aromatic nitrogens is 1. The minimum absolute atomic E-state index is 0.255. The van der Waals surface area contributed by atoms with Crippen LogP contribution in [0.25, 0.3) is 17.0 Å². The number of nitrogens with one attached hydrogen (secondary N) is 1. The number of furan rings is 1. The van der Waals surface area contributed by atoms with E-state index in [0.717, 1.165) is 22.3 Å². The highest BCUT2D eigenvalue weighted by Crippen LogP contribution is 2.24. The van der Waals surface area contributed by atoms with Gasteiger partial charge in [0, 0.05) is 34.0 Å². The Hall–Kier alpha value is -2.89. The zero-order valence-corrected chi connectivity index (χ0v) is 16.7. The fourth-order valence-electron chi connectivity index (χ4n) is 2.89. The van der Waals surface area contributed by atoms with Gasteiger partial charge in [0.1, 0.15) is 11.3 Å². The van der Waals surface area contributed by atoms with Gasteiger partial charge in [-0.05, 0) is 42.8 Å². The Morgan fingerprint density at radius 2 is 2.14 bits per heavy atom. The van der Waals surface area contributed by atoms with Crippen molar-refractivity contribution in [1.29, 1.82) is 0 Å². The van der Waals surface area contributed by atoms with E-state index in [-0.39, 0.29) is 5.91 Å². The fraction of sp³-hybridized carbons (Fsp3) is 0.0909. The maximum absolute atomic E-state index is 12.2. The van der Waals surface area contributed by atoms with E-state index in [2.05, 4.69) is 35.4 Å². The monoisotopic (exact) mass is 408 g/mol. The van der Waals surface area contributed by atoms with Crippen molar-refractivity contribution in [2.75, 3.05) is 5.32 Å². The van der Waals surface area contributed by atoms with Crippen molar-refractivity contribution in [2.24, 2.45) is 0 Å². The summed E-state index contributed by atoms with van der Waals surface area (Å²) < 4.78 is 5.67. The molecule has 1 amide bonds. The highest BCUT2D eigenvalue weighted by molar-refractivity contribution is 7.15. The molecule has 4 aromatic rings. The van der Waals surface area contributed by atoms with Crippen LogP contribution < -0.4 is 5.32 Å². The Bertz CT molecular complexity index is 1180. The number of nitrogens with zero attached hydrogens (tertiary/aromatic N) is 1. The molecule has 0 unspecified atom stereocenters. The van der Waals surface area contributed by atoms with Crippen molar-refractivity contribution in [3.63, 3.8) is 0 Å². The highest BCUT2D eigenvalue weighted by atomic mass is 35.5. The van der Waals surface area contributed by atoms with Gasteiger partial charge in [0.25, 0.3) is 0 Å². The van der Waals surface area contributed by atoms with Crippen LogP contribution in [-0.2, 0) is 11.2 Å². The van der Waals surface area contributed by atoms with Crippen molar-refractivity contribution < 1.29 is 9.21 Å². The van der Waals surface area contributed by atoms with Crippen LogP contribution in [0.1, 0.15) is 21.8 Å². The molecule has 0 radical (unpaired) electrons. The van der Waals surface area contributed by atoms with Gasteiger partial charge in [-0.15, -0.1) is 11.3 Å². The number of aryl methyl sites for hydroxylation is 1. The lowest BCUT2D eigenvalue weighted by Crippen LogP contribution is -2.06. The molecule has 4 rings (SSSR count). The predicted octanol–water partition coefficient (Wildman–Crippen LogP) is 6.09. The third-order valence-corrected chi connectivity index (χ3v) is 5.29. The first-order valence-electron chi connectivity index (χ1n) is 8.73. The van der Waals surface area contributed by atoms with Crippen molar-refractivity contribution in [3.05, 3.63) is 87.6 Å². The fourth-order valence-corrected chi connectivity index (χ4v) is 3.92. The van der Waals surface area contributed by atoms with Crippen molar-refractivity contribution in [2.45, 2.75) is 13.3 Å². The topological polar surface area (TPSA) is 55.1 Å². The van der Waals surface area contributed by atoms with Crippen LogP contribution in [-0.4, -0.2) is 10.9 Å². The summed E-state index contributed by atoms with van der Waals surface area (Å²) in [7, 11) is 0. The first-order chi connectivity index (χ1) is 13.5. The van der Waals surface area contributed by atoms with E-state index in [1.807, 2.05) is 18.2 Å². The first-order valence-corrected chi connectivity index (χ1v) is 9.93. The third kappa shape index (κ3) is 4.50. The summed E-state index contributed by atoms with van der Waals surface area (Å²) in [4.78, 5) is 17.6. The Morgan fingerprint density at radius 1 is 1.25 bits per heavy atom. The van der Waals surface area contributed by atoms with Crippen molar-refractivity contribution in [3.8, 4) is 0 Å². The molecule has 28 heavy (non-hydrogen) atoms. The molecule has 0 aliphatic carbocycles. The third-order valence-electron chi connectivity index (χ3n) is 4.14. The maximum atomic E-state index is 12.2. The number of anilines is 1. The Balaban J connectivity index is 1.39. The quantitative estimate of drug-likeness (QED) is 0.406. The lowest BCUT2D eigenvalue weighted by molar-refractivity contribution is -0.111. The molecule has 2 heterocycles. The minimum Gasteiger partial charge on any atom is -0.457 e. The Labute approximate surface area is 171 Å². The zero-order valence-electron chi connectivity index (χ0n) is 15.1. The van der Waals surface area contributed by atoms with Gasteiger partial charge in [-0.2, -0.15) is 0 Å². The van der Waals surface area contributed by atoms with E-state index in [1.54, 1.807) is 24.4 Å². The molecule has 0 aliphatic rings. The molecule has 0 bridgehead atoms. The maximum Gasteiger partial charge on any atom is 0.250 e. The molecule has 2 aromatic heterocycles. The van der Waals surface area contributed by atoms with Gasteiger partial charge in [0.15, 0.2) is 5.13 Å². The molecule has 4 nitrogen and oxygen atoms in total. The van der Waals surface area contributed by atoms with E-state index < -0.39 is 0 Å². The lowest BCUT2D eigenvalue weighted by atomic mass is 10.1. The largest absolute Gasteiger partial charge is 0.457 e. The summed E-state index contributed by atoms with van der Waals surface area (Å²) >= 11 is 7.45. The summed E-state index contributed by atoms with van der Waals surface area (Å²) in [6.07, 6.45) is 5.66. The molecular weight excluding hydrogens is 392 g/mol. The number of rotatable bonds is 5. The average molecular weight is 409 g/mol. The van der Waals surface area contributed by atoms with Gasteiger partial charge < -0.3 is 4.42 Å². The predicted molar refractivity (Wildman–Crippen MR) is 115 cm³/mol.